The molecule has 0 aliphatic heterocycles. The summed E-state index contributed by atoms with van der Waals surface area (Å²) in [5.41, 5.74) is 3.71. The molecule has 2 heterocycles. The fourth-order valence-electron chi connectivity index (χ4n) is 3.68. The Hall–Kier alpha value is -4.59. The molecule has 0 atom stereocenters. The summed E-state index contributed by atoms with van der Waals surface area (Å²) < 4.78 is 19.9. The van der Waals surface area contributed by atoms with Crippen molar-refractivity contribution in [1.29, 1.82) is 0 Å². The summed E-state index contributed by atoms with van der Waals surface area (Å²) >= 11 is 0. The van der Waals surface area contributed by atoms with Crippen LogP contribution in [0.1, 0.15) is 27.0 Å². The standard InChI is InChI=1S/C28H24FN3O4/c1-18-2-7-25(29)20(12-18)14-22(34)13-19-3-5-23(6-4-19)36-24-8-9-30-27(16-24)26-15-21(17-32-26)28(35)31-10-11-33/h2-9,11-12,15-17,32H,10,13-14H2,1H3,(H,31,35). The van der Waals surface area contributed by atoms with Gasteiger partial charge in [-0.3, -0.25) is 14.6 Å². The van der Waals surface area contributed by atoms with Crippen molar-refractivity contribution >= 4 is 18.0 Å². The minimum Gasteiger partial charge on any atom is -0.457 e. The lowest BCUT2D eigenvalue weighted by Gasteiger charge is -2.08. The van der Waals surface area contributed by atoms with Gasteiger partial charge in [0.05, 0.1) is 23.5 Å². The number of nitrogens with zero attached hydrogens (tertiary/aromatic N) is 1. The normalized spacial score (nSPS) is 10.6. The number of ketones is 1. The summed E-state index contributed by atoms with van der Waals surface area (Å²) in [6.07, 6.45) is 3.99. The number of H-pyrrole nitrogens is 1. The average molecular weight is 486 g/mol. The number of hydrogen-bond acceptors (Lipinski definition) is 5. The summed E-state index contributed by atoms with van der Waals surface area (Å²) in [6, 6.07) is 17.0. The SMILES string of the molecule is Cc1ccc(F)c(CC(=O)Cc2ccc(Oc3ccnc(-c4cc(C(=O)NCC=O)c[nH]4)c3)cc2)c1. The molecule has 2 aromatic carbocycles. The number of ether oxygens (including phenoxy) is 1. The third-order valence-electron chi connectivity index (χ3n) is 5.45. The predicted octanol–water partition coefficient (Wildman–Crippen LogP) is 4.60. The van der Waals surface area contributed by atoms with Gasteiger partial charge in [-0.25, -0.2) is 4.39 Å². The molecular formula is C28H24FN3O4. The zero-order chi connectivity index (χ0) is 25.5. The van der Waals surface area contributed by atoms with E-state index in [4.69, 9.17) is 4.74 Å². The van der Waals surface area contributed by atoms with Gasteiger partial charge in [0.2, 0.25) is 0 Å². The van der Waals surface area contributed by atoms with E-state index in [1.165, 1.54) is 12.3 Å². The molecule has 7 nitrogen and oxygen atoms in total. The van der Waals surface area contributed by atoms with E-state index in [9.17, 15) is 18.8 Å². The molecule has 2 N–H and O–H groups in total. The average Bonchev–Trinajstić information content (AvgIpc) is 3.37. The van der Waals surface area contributed by atoms with Gasteiger partial charge in [-0.05, 0) is 48.4 Å². The van der Waals surface area contributed by atoms with Crippen molar-refractivity contribution < 1.29 is 23.5 Å². The number of carbonyl (C=O) groups excluding carboxylic acids is 3. The largest absolute Gasteiger partial charge is 0.457 e. The van der Waals surface area contributed by atoms with E-state index in [0.29, 0.717) is 40.3 Å². The Balaban J connectivity index is 1.38. The van der Waals surface area contributed by atoms with Gasteiger partial charge < -0.3 is 19.8 Å². The maximum Gasteiger partial charge on any atom is 0.253 e. The number of carbonyl (C=O) groups is 3. The van der Waals surface area contributed by atoms with E-state index >= 15 is 0 Å². The Morgan fingerprint density at radius 3 is 2.61 bits per heavy atom. The van der Waals surface area contributed by atoms with Gasteiger partial charge in [-0.2, -0.15) is 0 Å². The molecule has 8 heteroatoms. The van der Waals surface area contributed by atoms with Gasteiger partial charge in [0.25, 0.3) is 5.91 Å². The summed E-state index contributed by atoms with van der Waals surface area (Å²) in [5, 5.41) is 2.48. The zero-order valence-electron chi connectivity index (χ0n) is 19.6. The third kappa shape index (κ3) is 6.29. The molecule has 182 valence electrons. The number of Topliss-reactive ketones (excluding diaryl/α,β-unsaturated/α-hetero) is 1. The first-order valence-corrected chi connectivity index (χ1v) is 11.3. The van der Waals surface area contributed by atoms with Crippen LogP contribution in [0.15, 0.2) is 73.1 Å². The van der Waals surface area contributed by atoms with Crippen molar-refractivity contribution in [3.63, 3.8) is 0 Å². The minimum absolute atomic E-state index is 0.0464. The molecule has 0 spiro atoms. The summed E-state index contributed by atoms with van der Waals surface area (Å²) in [7, 11) is 0. The monoisotopic (exact) mass is 485 g/mol. The highest BCUT2D eigenvalue weighted by molar-refractivity contribution is 5.96. The van der Waals surface area contributed by atoms with Crippen LogP contribution >= 0.6 is 0 Å². The highest BCUT2D eigenvalue weighted by Gasteiger charge is 2.12. The Morgan fingerprint density at radius 2 is 1.83 bits per heavy atom. The summed E-state index contributed by atoms with van der Waals surface area (Å²) in [6.45, 7) is 1.81. The van der Waals surface area contributed by atoms with Gasteiger partial charge >= 0.3 is 0 Å². The Kier molecular flexibility index (Phi) is 7.65. The number of nitrogens with one attached hydrogen (secondary N) is 2. The van der Waals surface area contributed by atoms with Crippen LogP contribution in [0.5, 0.6) is 11.5 Å². The number of aromatic amines is 1. The van der Waals surface area contributed by atoms with E-state index in [1.807, 2.05) is 6.92 Å². The van der Waals surface area contributed by atoms with Gasteiger partial charge in [0.1, 0.15) is 29.4 Å². The van der Waals surface area contributed by atoms with Gasteiger partial charge in [-0.1, -0.05) is 29.8 Å². The highest BCUT2D eigenvalue weighted by Crippen LogP contribution is 2.26. The summed E-state index contributed by atoms with van der Waals surface area (Å²) in [5.74, 6) is 0.316. The molecule has 0 saturated carbocycles. The maximum atomic E-state index is 13.9. The molecule has 2 aromatic heterocycles. The topological polar surface area (TPSA) is 101 Å². The van der Waals surface area contributed by atoms with E-state index in [2.05, 4.69) is 15.3 Å². The number of amides is 1. The highest BCUT2D eigenvalue weighted by atomic mass is 19.1. The van der Waals surface area contributed by atoms with Crippen molar-refractivity contribution in [3.8, 4) is 22.9 Å². The van der Waals surface area contributed by atoms with Crippen LogP contribution in [-0.2, 0) is 22.4 Å². The molecule has 4 rings (SSSR count). The number of aryl methyl sites for hydroxylation is 1. The number of rotatable bonds is 10. The van der Waals surface area contributed by atoms with Crippen LogP contribution in [-0.4, -0.2) is 34.5 Å². The van der Waals surface area contributed by atoms with Crippen molar-refractivity contribution in [2.45, 2.75) is 19.8 Å². The lowest BCUT2D eigenvalue weighted by molar-refractivity contribution is -0.117. The van der Waals surface area contributed by atoms with Crippen molar-refractivity contribution in [1.82, 2.24) is 15.3 Å². The molecule has 0 unspecified atom stereocenters. The molecule has 0 aliphatic carbocycles. The first-order chi connectivity index (χ1) is 17.4. The lowest BCUT2D eigenvalue weighted by atomic mass is 10.0. The van der Waals surface area contributed by atoms with Crippen LogP contribution in [0, 0.1) is 12.7 Å². The molecule has 36 heavy (non-hydrogen) atoms. The molecular weight excluding hydrogens is 461 g/mol. The van der Waals surface area contributed by atoms with Gasteiger partial charge in [-0.15, -0.1) is 0 Å². The molecule has 0 radical (unpaired) electrons. The number of aromatic nitrogens is 2. The molecule has 0 bridgehead atoms. The van der Waals surface area contributed by atoms with Gasteiger partial charge in [0.15, 0.2) is 0 Å². The first-order valence-electron chi connectivity index (χ1n) is 11.3. The van der Waals surface area contributed by atoms with E-state index in [-0.39, 0.29) is 36.9 Å². The number of benzene rings is 2. The van der Waals surface area contributed by atoms with Crippen LogP contribution in [0.2, 0.25) is 0 Å². The van der Waals surface area contributed by atoms with E-state index in [0.717, 1.165) is 11.1 Å². The van der Waals surface area contributed by atoms with Crippen molar-refractivity contribution in [2.75, 3.05) is 6.54 Å². The number of aldehydes is 1. The second-order valence-corrected chi connectivity index (χ2v) is 8.29. The summed E-state index contributed by atoms with van der Waals surface area (Å²) in [4.78, 5) is 42.2. The van der Waals surface area contributed by atoms with Crippen LogP contribution in [0.4, 0.5) is 4.39 Å². The molecule has 0 saturated heterocycles. The number of hydrogen-bond donors (Lipinski definition) is 2. The van der Waals surface area contributed by atoms with E-state index in [1.54, 1.807) is 60.8 Å². The Labute approximate surface area is 207 Å². The minimum atomic E-state index is -0.369. The number of pyridine rings is 1. The zero-order valence-corrected chi connectivity index (χ0v) is 19.6. The van der Waals surface area contributed by atoms with E-state index < -0.39 is 0 Å². The lowest BCUT2D eigenvalue weighted by Crippen LogP contribution is -2.24. The second-order valence-electron chi connectivity index (χ2n) is 8.29. The Bertz CT molecular complexity index is 1400. The molecule has 1 amide bonds. The predicted molar refractivity (Wildman–Crippen MR) is 132 cm³/mol. The fourth-order valence-corrected chi connectivity index (χ4v) is 3.68. The third-order valence-corrected chi connectivity index (χ3v) is 5.45. The first kappa shape index (κ1) is 24.5. The molecule has 0 fully saturated rings. The number of halogens is 1. The van der Waals surface area contributed by atoms with Crippen LogP contribution in [0.3, 0.4) is 0 Å². The fraction of sp³-hybridized carbons (Fsp3) is 0.143. The Morgan fingerprint density at radius 1 is 1.03 bits per heavy atom. The smallest absolute Gasteiger partial charge is 0.253 e. The van der Waals surface area contributed by atoms with Crippen molar-refractivity contribution in [2.24, 2.45) is 0 Å². The molecule has 4 aromatic rings. The maximum absolute atomic E-state index is 13.9. The van der Waals surface area contributed by atoms with Crippen molar-refractivity contribution in [3.05, 3.63) is 101 Å². The van der Waals surface area contributed by atoms with Gasteiger partial charge in [0, 0.05) is 31.3 Å². The van der Waals surface area contributed by atoms with Crippen LogP contribution in [0.25, 0.3) is 11.4 Å². The molecule has 0 aliphatic rings. The quantitative estimate of drug-likeness (QED) is 0.320. The van der Waals surface area contributed by atoms with Crippen LogP contribution < -0.4 is 10.1 Å². The second kappa shape index (κ2) is 11.2.